The fraction of sp³-hybridized carbons (Fsp3) is 0.786. The molecule has 0 fully saturated rings. The first-order valence-electron chi connectivity index (χ1n) is 6.44. The second-order valence-corrected chi connectivity index (χ2v) is 5.09. The first-order chi connectivity index (χ1) is 7.62. The third-order valence-electron chi connectivity index (χ3n) is 2.91. The molecule has 0 atom stereocenters. The van der Waals surface area contributed by atoms with Crippen LogP contribution < -0.4 is 5.32 Å². The highest BCUT2D eigenvalue weighted by molar-refractivity contribution is 5.47. The molecule has 0 aliphatic rings. The number of unbranched alkanes of at least 4 members (excludes halogenated alkanes) is 6. The van der Waals surface area contributed by atoms with Crippen molar-refractivity contribution in [1.29, 1.82) is 0 Å². The molecule has 0 bridgehead atoms. The van der Waals surface area contributed by atoms with Gasteiger partial charge >= 0.3 is 0 Å². The van der Waals surface area contributed by atoms with Crippen LogP contribution in [0, 0.1) is 0 Å². The van der Waals surface area contributed by atoms with Crippen molar-refractivity contribution in [3.8, 4) is 0 Å². The topological polar surface area (TPSA) is 29.1 Å². The molecule has 0 unspecified atom stereocenters. The summed E-state index contributed by atoms with van der Waals surface area (Å²) in [5.74, 6) is 0. The van der Waals surface area contributed by atoms with Gasteiger partial charge in [-0.05, 0) is 33.1 Å². The molecule has 0 aromatic carbocycles. The van der Waals surface area contributed by atoms with Gasteiger partial charge in [-0.2, -0.15) is 0 Å². The highest BCUT2D eigenvalue weighted by atomic mass is 16.1. The molecule has 0 rings (SSSR count). The van der Waals surface area contributed by atoms with Crippen LogP contribution in [-0.4, -0.2) is 11.9 Å². The van der Waals surface area contributed by atoms with Crippen molar-refractivity contribution in [2.75, 3.05) is 0 Å². The molecule has 94 valence electrons. The van der Waals surface area contributed by atoms with Crippen molar-refractivity contribution in [3.63, 3.8) is 0 Å². The maximum atomic E-state index is 10.3. The van der Waals surface area contributed by atoms with Crippen LogP contribution in [0.4, 0.5) is 0 Å². The number of hydrogen-bond donors (Lipinski definition) is 1. The van der Waals surface area contributed by atoms with Gasteiger partial charge in [0.2, 0.25) is 6.41 Å². The Morgan fingerprint density at radius 2 is 1.62 bits per heavy atom. The number of carbonyl (C=O) groups excluding carboxylic acids is 1. The van der Waals surface area contributed by atoms with E-state index in [1.54, 1.807) is 0 Å². The first kappa shape index (κ1) is 15.2. The highest BCUT2D eigenvalue weighted by Crippen LogP contribution is 2.15. The third-order valence-corrected chi connectivity index (χ3v) is 2.91. The van der Waals surface area contributed by atoms with Gasteiger partial charge in [0, 0.05) is 5.54 Å². The summed E-state index contributed by atoms with van der Waals surface area (Å²) in [6, 6.07) is 0. The summed E-state index contributed by atoms with van der Waals surface area (Å²) < 4.78 is 0. The summed E-state index contributed by atoms with van der Waals surface area (Å²) in [6.45, 7) is 7.87. The Morgan fingerprint density at radius 3 is 2.19 bits per heavy atom. The van der Waals surface area contributed by atoms with E-state index in [-0.39, 0.29) is 5.54 Å². The molecule has 0 saturated carbocycles. The molecule has 0 aromatic heterocycles. The number of allylic oxidation sites excluding steroid dienone is 1. The summed E-state index contributed by atoms with van der Waals surface area (Å²) in [5, 5.41) is 2.85. The van der Waals surface area contributed by atoms with Gasteiger partial charge < -0.3 is 5.32 Å². The van der Waals surface area contributed by atoms with Gasteiger partial charge in [0.25, 0.3) is 0 Å². The number of amides is 1. The summed E-state index contributed by atoms with van der Waals surface area (Å²) in [7, 11) is 0. The van der Waals surface area contributed by atoms with Gasteiger partial charge in [-0.25, -0.2) is 0 Å². The van der Waals surface area contributed by atoms with E-state index >= 15 is 0 Å². The Bertz CT molecular complexity index is 187. The van der Waals surface area contributed by atoms with E-state index in [1.165, 1.54) is 38.5 Å². The van der Waals surface area contributed by atoms with E-state index in [9.17, 15) is 4.79 Å². The van der Waals surface area contributed by atoms with Crippen molar-refractivity contribution in [2.45, 2.75) is 70.8 Å². The molecule has 0 aliphatic carbocycles. The van der Waals surface area contributed by atoms with Crippen LogP contribution in [0.25, 0.3) is 0 Å². The Morgan fingerprint density at radius 1 is 1.06 bits per heavy atom. The Hall–Kier alpha value is -0.790. The SMILES string of the molecule is C=CCCCCCCCCC(C)(C)NC=O. The molecular weight excluding hydrogens is 198 g/mol. The minimum absolute atomic E-state index is 0.0371. The van der Waals surface area contributed by atoms with Crippen molar-refractivity contribution < 1.29 is 4.79 Å². The van der Waals surface area contributed by atoms with Gasteiger partial charge in [-0.3, -0.25) is 4.79 Å². The Kier molecular flexibility index (Phi) is 8.97. The molecule has 0 aliphatic heterocycles. The van der Waals surface area contributed by atoms with E-state index in [0.717, 1.165) is 19.3 Å². The summed E-state index contributed by atoms with van der Waals surface area (Å²) in [6.07, 6.45) is 12.7. The van der Waals surface area contributed by atoms with Crippen LogP contribution in [0.15, 0.2) is 12.7 Å². The van der Waals surface area contributed by atoms with Crippen molar-refractivity contribution >= 4 is 6.41 Å². The van der Waals surface area contributed by atoms with Crippen LogP contribution in [0.1, 0.15) is 65.2 Å². The van der Waals surface area contributed by atoms with Gasteiger partial charge in [0.1, 0.15) is 0 Å². The number of hydrogen-bond acceptors (Lipinski definition) is 1. The minimum atomic E-state index is -0.0371. The minimum Gasteiger partial charge on any atom is -0.354 e. The standard InChI is InChI=1S/C14H27NO/c1-4-5-6-7-8-9-10-11-12-14(2,3)15-13-16/h4,13H,1,5-12H2,2-3H3,(H,15,16). The summed E-state index contributed by atoms with van der Waals surface area (Å²) in [5.41, 5.74) is -0.0371. The molecule has 2 heteroatoms. The van der Waals surface area contributed by atoms with Crippen LogP contribution in [-0.2, 0) is 4.79 Å². The maximum Gasteiger partial charge on any atom is 0.207 e. The number of carbonyl (C=O) groups is 1. The fourth-order valence-electron chi connectivity index (χ4n) is 1.79. The Balaban J connectivity index is 3.26. The quantitative estimate of drug-likeness (QED) is 0.323. The molecule has 0 aromatic rings. The zero-order valence-corrected chi connectivity index (χ0v) is 10.9. The lowest BCUT2D eigenvalue weighted by atomic mass is 9.96. The van der Waals surface area contributed by atoms with Gasteiger partial charge in [0.15, 0.2) is 0 Å². The molecular formula is C14H27NO. The zero-order valence-electron chi connectivity index (χ0n) is 10.9. The lowest BCUT2D eigenvalue weighted by Gasteiger charge is -2.23. The van der Waals surface area contributed by atoms with Gasteiger partial charge in [-0.15, -0.1) is 6.58 Å². The molecule has 1 amide bonds. The van der Waals surface area contributed by atoms with Crippen LogP contribution >= 0.6 is 0 Å². The first-order valence-corrected chi connectivity index (χ1v) is 6.44. The molecule has 0 saturated heterocycles. The average molecular weight is 225 g/mol. The normalized spacial score (nSPS) is 11.1. The van der Waals surface area contributed by atoms with E-state index in [0.29, 0.717) is 0 Å². The van der Waals surface area contributed by atoms with Gasteiger partial charge in [-0.1, -0.05) is 38.2 Å². The maximum absolute atomic E-state index is 10.3. The van der Waals surface area contributed by atoms with E-state index in [2.05, 4.69) is 25.7 Å². The second kappa shape index (κ2) is 9.44. The predicted octanol–water partition coefficient (Wildman–Crippen LogP) is 3.82. The van der Waals surface area contributed by atoms with E-state index in [1.807, 2.05) is 6.08 Å². The molecule has 0 heterocycles. The third kappa shape index (κ3) is 9.75. The average Bonchev–Trinajstić information content (AvgIpc) is 2.22. The van der Waals surface area contributed by atoms with E-state index < -0.39 is 0 Å². The molecule has 16 heavy (non-hydrogen) atoms. The van der Waals surface area contributed by atoms with Crippen LogP contribution in [0.5, 0.6) is 0 Å². The summed E-state index contributed by atoms with van der Waals surface area (Å²) in [4.78, 5) is 10.3. The van der Waals surface area contributed by atoms with Crippen molar-refractivity contribution in [1.82, 2.24) is 5.32 Å². The highest BCUT2D eigenvalue weighted by Gasteiger charge is 2.14. The fourth-order valence-corrected chi connectivity index (χ4v) is 1.79. The lowest BCUT2D eigenvalue weighted by molar-refractivity contribution is -0.111. The Labute approximate surface area is 101 Å². The number of rotatable bonds is 11. The molecule has 2 nitrogen and oxygen atoms in total. The zero-order chi connectivity index (χ0) is 12.3. The van der Waals surface area contributed by atoms with E-state index in [4.69, 9.17) is 0 Å². The number of nitrogens with one attached hydrogen (secondary N) is 1. The van der Waals surface area contributed by atoms with Crippen molar-refractivity contribution in [2.24, 2.45) is 0 Å². The predicted molar refractivity (Wildman–Crippen MR) is 70.4 cm³/mol. The van der Waals surface area contributed by atoms with Crippen molar-refractivity contribution in [3.05, 3.63) is 12.7 Å². The molecule has 0 radical (unpaired) electrons. The smallest absolute Gasteiger partial charge is 0.207 e. The van der Waals surface area contributed by atoms with Crippen LogP contribution in [0.2, 0.25) is 0 Å². The summed E-state index contributed by atoms with van der Waals surface area (Å²) >= 11 is 0. The molecule has 0 spiro atoms. The van der Waals surface area contributed by atoms with Crippen LogP contribution in [0.3, 0.4) is 0 Å². The van der Waals surface area contributed by atoms with Gasteiger partial charge in [0.05, 0.1) is 0 Å². The largest absolute Gasteiger partial charge is 0.354 e. The second-order valence-electron chi connectivity index (χ2n) is 5.09. The monoisotopic (exact) mass is 225 g/mol. The lowest BCUT2D eigenvalue weighted by Crippen LogP contribution is -2.37. The molecule has 1 N–H and O–H groups in total.